The largest absolute Gasteiger partial charge is 0.497 e. The number of benzene rings is 1. The van der Waals surface area contributed by atoms with Crippen LogP contribution in [-0.4, -0.2) is 26.2 Å². The Kier molecular flexibility index (Phi) is 2.92. The zero-order valence-corrected chi connectivity index (χ0v) is 8.97. The molecular formula is C11H12N4O. The van der Waals surface area contributed by atoms with Gasteiger partial charge in [-0.3, -0.25) is 10.3 Å². The number of nitrogens with one attached hydrogen (secondary N) is 1. The molecule has 0 amide bonds. The minimum atomic E-state index is 0.593. The summed E-state index contributed by atoms with van der Waals surface area (Å²) in [5.74, 6) is 1.39. The van der Waals surface area contributed by atoms with Crippen molar-refractivity contribution in [3.05, 3.63) is 24.3 Å². The van der Waals surface area contributed by atoms with Crippen molar-refractivity contribution in [2.24, 2.45) is 4.99 Å². The van der Waals surface area contributed by atoms with Crippen molar-refractivity contribution in [1.29, 1.82) is 5.26 Å². The minimum absolute atomic E-state index is 0.593. The highest BCUT2D eigenvalue weighted by atomic mass is 16.5. The predicted molar refractivity (Wildman–Crippen MR) is 61.4 cm³/mol. The van der Waals surface area contributed by atoms with Crippen molar-refractivity contribution < 1.29 is 4.74 Å². The summed E-state index contributed by atoms with van der Waals surface area (Å²) in [5.41, 5.74) is 0.971. The van der Waals surface area contributed by atoms with Crippen LogP contribution in [-0.2, 0) is 0 Å². The van der Waals surface area contributed by atoms with E-state index in [0.29, 0.717) is 12.5 Å². The van der Waals surface area contributed by atoms with Gasteiger partial charge in [0, 0.05) is 18.3 Å². The summed E-state index contributed by atoms with van der Waals surface area (Å²) in [6.45, 7) is 1.47. The average Bonchev–Trinajstić information content (AvgIpc) is 2.78. The Morgan fingerprint density at radius 3 is 3.19 bits per heavy atom. The smallest absolute Gasteiger partial charge is 0.212 e. The lowest BCUT2D eigenvalue weighted by molar-refractivity contribution is 0.415. The van der Waals surface area contributed by atoms with Crippen LogP contribution in [0.3, 0.4) is 0 Å². The molecule has 0 saturated carbocycles. The highest BCUT2D eigenvalue weighted by Crippen LogP contribution is 2.22. The lowest BCUT2D eigenvalue weighted by atomic mass is 10.3. The fraction of sp³-hybridized carbons (Fsp3) is 0.273. The summed E-state index contributed by atoms with van der Waals surface area (Å²) in [6, 6.07) is 7.67. The number of anilines is 1. The number of nitriles is 1. The first-order valence-corrected chi connectivity index (χ1v) is 4.96. The number of guanidine groups is 1. The monoisotopic (exact) mass is 216 g/mol. The van der Waals surface area contributed by atoms with Crippen molar-refractivity contribution in [2.45, 2.75) is 0 Å². The van der Waals surface area contributed by atoms with Crippen molar-refractivity contribution >= 4 is 11.6 Å². The van der Waals surface area contributed by atoms with Crippen LogP contribution in [0, 0.1) is 11.5 Å². The van der Waals surface area contributed by atoms with Gasteiger partial charge < -0.3 is 9.64 Å². The molecular weight excluding hydrogens is 204 g/mol. The molecule has 0 spiro atoms. The van der Waals surface area contributed by atoms with Gasteiger partial charge in [-0.1, -0.05) is 6.07 Å². The van der Waals surface area contributed by atoms with Crippen molar-refractivity contribution in [1.82, 2.24) is 5.32 Å². The van der Waals surface area contributed by atoms with Gasteiger partial charge in [-0.15, -0.1) is 0 Å². The van der Waals surface area contributed by atoms with Gasteiger partial charge >= 0.3 is 0 Å². The van der Waals surface area contributed by atoms with E-state index in [4.69, 9.17) is 10.00 Å². The highest BCUT2D eigenvalue weighted by Gasteiger charge is 2.18. The molecule has 0 radical (unpaired) electrons. The van der Waals surface area contributed by atoms with Gasteiger partial charge in [-0.05, 0) is 12.1 Å². The Bertz CT molecular complexity index is 450. The maximum Gasteiger partial charge on any atom is 0.212 e. The normalized spacial score (nSPS) is 14.2. The van der Waals surface area contributed by atoms with Crippen LogP contribution in [0.2, 0.25) is 0 Å². The molecule has 82 valence electrons. The Labute approximate surface area is 94.0 Å². The highest BCUT2D eigenvalue weighted by molar-refractivity contribution is 5.98. The first kappa shape index (κ1) is 10.3. The maximum absolute atomic E-state index is 8.60. The first-order chi connectivity index (χ1) is 7.85. The number of aliphatic imine (C=N–C) groups is 1. The summed E-state index contributed by atoms with van der Waals surface area (Å²) in [7, 11) is 1.63. The molecule has 5 heteroatoms. The second-order valence-corrected chi connectivity index (χ2v) is 3.30. The van der Waals surface area contributed by atoms with Crippen LogP contribution in [0.5, 0.6) is 5.75 Å². The summed E-state index contributed by atoms with van der Waals surface area (Å²) in [4.78, 5) is 6.16. The van der Waals surface area contributed by atoms with E-state index in [9.17, 15) is 0 Å². The van der Waals surface area contributed by atoms with Crippen molar-refractivity contribution in [3.8, 4) is 11.9 Å². The van der Waals surface area contributed by atoms with Gasteiger partial charge in [0.05, 0.1) is 13.7 Å². The third-order valence-corrected chi connectivity index (χ3v) is 2.37. The second kappa shape index (κ2) is 4.53. The molecule has 1 aliphatic rings. The fourth-order valence-electron chi connectivity index (χ4n) is 1.63. The Hall–Kier alpha value is -2.22. The quantitative estimate of drug-likeness (QED) is 0.590. The van der Waals surface area contributed by atoms with E-state index in [1.54, 1.807) is 7.11 Å². The van der Waals surface area contributed by atoms with Crippen molar-refractivity contribution in [2.75, 3.05) is 25.1 Å². The molecule has 5 nitrogen and oxygen atoms in total. The topological polar surface area (TPSA) is 60.6 Å². The Morgan fingerprint density at radius 1 is 1.56 bits per heavy atom. The summed E-state index contributed by atoms with van der Waals surface area (Å²) >= 11 is 0. The van der Waals surface area contributed by atoms with Crippen LogP contribution in [0.1, 0.15) is 0 Å². The van der Waals surface area contributed by atoms with Crippen LogP contribution < -0.4 is 15.0 Å². The lowest BCUT2D eigenvalue weighted by Crippen LogP contribution is -2.35. The number of nitrogens with zero attached hydrogens (tertiary/aromatic N) is 3. The van der Waals surface area contributed by atoms with Crippen LogP contribution >= 0.6 is 0 Å². The van der Waals surface area contributed by atoms with Gasteiger partial charge in [-0.25, -0.2) is 0 Å². The number of methoxy groups -OCH3 is 1. The molecule has 0 fully saturated rings. The van der Waals surface area contributed by atoms with Crippen LogP contribution in [0.4, 0.5) is 5.69 Å². The van der Waals surface area contributed by atoms with Gasteiger partial charge in [0.2, 0.25) is 5.96 Å². The molecule has 16 heavy (non-hydrogen) atoms. The third-order valence-electron chi connectivity index (χ3n) is 2.37. The molecule has 1 heterocycles. The maximum atomic E-state index is 8.60. The molecule has 0 saturated heterocycles. The summed E-state index contributed by atoms with van der Waals surface area (Å²) in [5, 5.41) is 11.2. The standard InChI is InChI=1S/C11H12N4O/c1-16-10-4-2-3-9(7-10)15-6-5-13-11(15)14-8-12/h2-4,7H,5-6H2,1H3,(H,13,14). The molecule has 0 aromatic heterocycles. The van der Waals surface area contributed by atoms with E-state index in [1.165, 1.54) is 0 Å². The zero-order chi connectivity index (χ0) is 11.4. The van der Waals surface area contributed by atoms with E-state index in [0.717, 1.165) is 18.0 Å². The van der Waals surface area contributed by atoms with Gasteiger partial charge in [0.1, 0.15) is 5.75 Å². The number of ether oxygens (including phenoxy) is 1. The van der Waals surface area contributed by atoms with E-state index < -0.39 is 0 Å². The Balaban J connectivity index is 2.24. The van der Waals surface area contributed by atoms with Crippen molar-refractivity contribution in [3.63, 3.8) is 0 Å². The number of hydrogen-bond acceptors (Lipinski definition) is 5. The molecule has 1 aromatic carbocycles. The van der Waals surface area contributed by atoms with E-state index in [-0.39, 0.29) is 0 Å². The molecule has 1 aliphatic heterocycles. The molecule has 0 atom stereocenters. The molecule has 1 N–H and O–H groups in total. The predicted octanol–water partition coefficient (Wildman–Crippen LogP) is 0.942. The van der Waals surface area contributed by atoms with E-state index >= 15 is 0 Å². The van der Waals surface area contributed by atoms with E-state index in [1.807, 2.05) is 35.4 Å². The van der Waals surface area contributed by atoms with Gasteiger partial charge in [0.25, 0.3) is 0 Å². The fourth-order valence-corrected chi connectivity index (χ4v) is 1.63. The minimum Gasteiger partial charge on any atom is -0.497 e. The average molecular weight is 216 g/mol. The molecule has 1 aromatic rings. The number of hydrogen-bond donors (Lipinski definition) is 1. The van der Waals surface area contributed by atoms with Crippen LogP contribution in [0.25, 0.3) is 0 Å². The Morgan fingerprint density at radius 2 is 2.44 bits per heavy atom. The lowest BCUT2D eigenvalue weighted by Gasteiger charge is -2.19. The molecule has 0 unspecified atom stereocenters. The summed E-state index contributed by atoms with van der Waals surface area (Å²) < 4.78 is 5.16. The molecule has 0 aliphatic carbocycles. The SMILES string of the molecule is COc1cccc(N2CCN=C2NC#N)c1. The second-order valence-electron chi connectivity index (χ2n) is 3.30. The third kappa shape index (κ3) is 1.91. The zero-order valence-electron chi connectivity index (χ0n) is 8.97. The van der Waals surface area contributed by atoms with E-state index in [2.05, 4.69) is 10.3 Å². The van der Waals surface area contributed by atoms with Gasteiger partial charge in [0.15, 0.2) is 6.19 Å². The molecule has 2 rings (SSSR count). The summed E-state index contributed by atoms with van der Waals surface area (Å²) in [6.07, 6.45) is 1.88. The molecule has 0 bridgehead atoms. The number of rotatable bonds is 2. The van der Waals surface area contributed by atoms with Gasteiger partial charge in [-0.2, -0.15) is 5.26 Å². The first-order valence-electron chi connectivity index (χ1n) is 4.96. The van der Waals surface area contributed by atoms with Crippen LogP contribution in [0.15, 0.2) is 29.3 Å².